The zero-order valence-electron chi connectivity index (χ0n) is 18.4. The van der Waals surface area contributed by atoms with Gasteiger partial charge in [-0.1, -0.05) is 12.1 Å². The average molecular weight is 543 g/mol. The van der Waals surface area contributed by atoms with Crippen LogP contribution in [-0.4, -0.2) is 87.1 Å². The van der Waals surface area contributed by atoms with E-state index in [4.69, 9.17) is 4.74 Å². The number of rotatable bonds is 9. The van der Waals surface area contributed by atoms with Crippen LogP contribution >= 0.6 is 24.0 Å². The van der Waals surface area contributed by atoms with Crippen LogP contribution in [0.1, 0.15) is 46.4 Å². The lowest BCUT2D eigenvalue weighted by molar-refractivity contribution is 0.0652. The predicted octanol–water partition coefficient (Wildman–Crippen LogP) is 1.96. The number of unbranched alkanes of at least 4 members (excludes halogenated alkanes) is 1. The van der Waals surface area contributed by atoms with E-state index in [0.717, 1.165) is 64.4 Å². The van der Waals surface area contributed by atoms with Gasteiger partial charge in [0.05, 0.1) is 17.7 Å². The maximum absolute atomic E-state index is 12.4. The lowest BCUT2D eigenvalue weighted by Gasteiger charge is -2.32. The van der Waals surface area contributed by atoms with Gasteiger partial charge < -0.3 is 20.3 Å². The first kappa shape index (κ1) is 25.5. The van der Waals surface area contributed by atoms with E-state index in [1.807, 2.05) is 0 Å². The molecule has 3 rings (SSSR count). The SMILES string of the molecule is CN=C(NCCCCN1C(=O)c2ccccc2C1=O)NC1CCN(CCOC)CC1.I. The lowest BCUT2D eigenvalue weighted by Crippen LogP contribution is -2.49. The van der Waals surface area contributed by atoms with Gasteiger partial charge in [-0.2, -0.15) is 0 Å². The van der Waals surface area contributed by atoms with E-state index in [1.165, 1.54) is 4.90 Å². The summed E-state index contributed by atoms with van der Waals surface area (Å²) in [5, 5.41) is 6.85. The molecule has 0 aliphatic carbocycles. The summed E-state index contributed by atoms with van der Waals surface area (Å²) >= 11 is 0. The number of benzene rings is 1. The van der Waals surface area contributed by atoms with Gasteiger partial charge in [0.25, 0.3) is 11.8 Å². The standard InChI is InChI=1S/C22H33N5O3.HI/c1-23-22(25-17-9-13-26(14-10-17)15-16-30-2)24-11-5-6-12-27-20(28)18-7-3-4-8-19(18)21(27)29;/h3-4,7-8,17H,5-6,9-16H2,1-2H3,(H2,23,24,25);1H. The second kappa shape index (κ2) is 13.0. The van der Waals surface area contributed by atoms with Crippen LogP contribution in [0.2, 0.25) is 0 Å². The fraction of sp³-hybridized carbons (Fsp3) is 0.591. The highest BCUT2D eigenvalue weighted by Gasteiger charge is 2.34. The topological polar surface area (TPSA) is 86.3 Å². The molecule has 0 aromatic heterocycles. The molecule has 0 radical (unpaired) electrons. The number of hydrogen-bond donors (Lipinski definition) is 2. The molecular formula is C22H34IN5O3. The number of nitrogens with one attached hydrogen (secondary N) is 2. The smallest absolute Gasteiger partial charge is 0.261 e. The Hall–Kier alpha value is -1.72. The second-order valence-electron chi connectivity index (χ2n) is 7.77. The molecule has 0 bridgehead atoms. The summed E-state index contributed by atoms with van der Waals surface area (Å²) in [6.07, 6.45) is 3.78. The maximum atomic E-state index is 12.4. The summed E-state index contributed by atoms with van der Waals surface area (Å²) in [5.41, 5.74) is 1.02. The summed E-state index contributed by atoms with van der Waals surface area (Å²) in [7, 11) is 3.52. The molecular weight excluding hydrogens is 509 g/mol. The third-order valence-corrected chi connectivity index (χ3v) is 5.74. The van der Waals surface area contributed by atoms with E-state index in [0.29, 0.717) is 23.7 Å². The van der Waals surface area contributed by atoms with Crippen LogP contribution in [0.15, 0.2) is 29.3 Å². The Morgan fingerprint density at radius 3 is 2.32 bits per heavy atom. The number of methoxy groups -OCH3 is 1. The number of carbonyl (C=O) groups is 2. The van der Waals surface area contributed by atoms with Crippen molar-refractivity contribution in [2.24, 2.45) is 4.99 Å². The molecule has 0 spiro atoms. The molecule has 2 N–H and O–H groups in total. The molecule has 2 heterocycles. The Kier molecular flexibility index (Phi) is 10.7. The molecule has 2 amide bonds. The van der Waals surface area contributed by atoms with Crippen LogP contribution in [0.4, 0.5) is 0 Å². The number of ether oxygens (including phenoxy) is 1. The second-order valence-corrected chi connectivity index (χ2v) is 7.77. The Morgan fingerprint density at radius 2 is 1.74 bits per heavy atom. The quantitative estimate of drug-likeness (QED) is 0.163. The zero-order valence-corrected chi connectivity index (χ0v) is 20.8. The highest BCUT2D eigenvalue weighted by Crippen LogP contribution is 2.22. The van der Waals surface area contributed by atoms with Gasteiger partial charge in [0.15, 0.2) is 5.96 Å². The van der Waals surface area contributed by atoms with Crippen LogP contribution in [0.3, 0.4) is 0 Å². The first-order valence-electron chi connectivity index (χ1n) is 10.8. The van der Waals surface area contributed by atoms with Gasteiger partial charge in [-0.3, -0.25) is 19.5 Å². The number of aliphatic imine (C=N–C) groups is 1. The highest BCUT2D eigenvalue weighted by atomic mass is 127. The van der Waals surface area contributed by atoms with Gasteiger partial charge in [0.1, 0.15) is 0 Å². The molecule has 9 heteroatoms. The zero-order chi connectivity index (χ0) is 21.3. The molecule has 0 atom stereocenters. The van der Waals surface area contributed by atoms with Crippen LogP contribution < -0.4 is 10.6 Å². The number of carbonyl (C=O) groups excluding carboxylic acids is 2. The molecule has 0 saturated carbocycles. The molecule has 1 fully saturated rings. The van der Waals surface area contributed by atoms with Crippen molar-refractivity contribution in [3.63, 3.8) is 0 Å². The van der Waals surface area contributed by atoms with Gasteiger partial charge in [0, 0.05) is 52.9 Å². The van der Waals surface area contributed by atoms with Crippen molar-refractivity contribution in [3.05, 3.63) is 35.4 Å². The van der Waals surface area contributed by atoms with Crippen LogP contribution in [0.25, 0.3) is 0 Å². The average Bonchev–Trinajstić information content (AvgIpc) is 3.02. The highest BCUT2D eigenvalue weighted by molar-refractivity contribution is 14.0. The number of amides is 2. The number of likely N-dealkylation sites (tertiary alicyclic amines) is 1. The van der Waals surface area contributed by atoms with E-state index < -0.39 is 0 Å². The van der Waals surface area contributed by atoms with Crippen LogP contribution in [0.5, 0.6) is 0 Å². The lowest BCUT2D eigenvalue weighted by atomic mass is 10.1. The third kappa shape index (κ3) is 6.88. The summed E-state index contributed by atoms with van der Waals surface area (Å²) in [6, 6.07) is 7.44. The maximum Gasteiger partial charge on any atom is 0.261 e. The largest absolute Gasteiger partial charge is 0.383 e. The molecule has 31 heavy (non-hydrogen) atoms. The van der Waals surface area contributed by atoms with Crippen molar-refractivity contribution < 1.29 is 14.3 Å². The Labute approximate surface area is 201 Å². The van der Waals surface area contributed by atoms with Gasteiger partial charge in [0.2, 0.25) is 0 Å². The monoisotopic (exact) mass is 543 g/mol. The van der Waals surface area contributed by atoms with Gasteiger partial charge in [-0.25, -0.2) is 0 Å². The van der Waals surface area contributed by atoms with Gasteiger partial charge in [-0.05, 0) is 37.8 Å². The third-order valence-electron chi connectivity index (χ3n) is 5.74. The molecule has 0 unspecified atom stereocenters. The first-order chi connectivity index (χ1) is 14.6. The molecule has 2 aliphatic rings. The van der Waals surface area contributed by atoms with Crippen molar-refractivity contribution in [2.45, 2.75) is 31.7 Å². The van der Waals surface area contributed by atoms with E-state index in [1.54, 1.807) is 38.4 Å². The van der Waals surface area contributed by atoms with Crippen LogP contribution in [0, 0.1) is 0 Å². The molecule has 1 aromatic carbocycles. The molecule has 2 aliphatic heterocycles. The van der Waals surface area contributed by atoms with Crippen molar-refractivity contribution in [1.29, 1.82) is 0 Å². The fourth-order valence-electron chi connectivity index (χ4n) is 3.95. The number of halogens is 1. The molecule has 172 valence electrons. The first-order valence-corrected chi connectivity index (χ1v) is 10.8. The molecule has 1 saturated heterocycles. The predicted molar refractivity (Wildman–Crippen MR) is 132 cm³/mol. The number of nitrogens with zero attached hydrogens (tertiary/aromatic N) is 3. The van der Waals surface area contributed by atoms with Crippen LogP contribution in [-0.2, 0) is 4.74 Å². The minimum absolute atomic E-state index is 0. The van der Waals surface area contributed by atoms with Gasteiger partial charge >= 0.3 is 0 Å². The number of fused-ring (bicyclic) bond motifs is 1. The van der Waals surface area contributed by atoms with E-state index in [9.17, 15) is 9.59 Å². The van der Waals surface area contributed by atoms with E-state index >= 15 is 0 Å². The van der Waals surface area contributed by atoms with Gasteiger partial charge in [-0.15, -0.1) is 24.0 Å². The van der Waals surface area contributed by atoms with Crippen molar-refractivity contribution >= 4 is 41.8 Å². The minimum Gasteiger partial charge on any atom is -0.383 e. The summed E-state index contributed by atoms with van der Waals surface area (Å²) in [5.74, 6) is 0.446. The van der Waals surface area contributed by atoms with E-state index in [-0.39, 0.29) is 35.8 Å². The Bertz CT molecular complexity index is 730. The normalized spacial score (nSPS) is 17.5. The Balaban J connectivity index is 0.00000341. The summed E-state index contributed by atoms with van der Waals surface area (Å²) in [4.78, 5) is 32.9. The van der Waals surface area contributed by atoms with Crippen molar-refractivity contribution in [2.75, 3.05) is 53.5 Å². The summed E-state index contributed by atoms with van der Waals surface area (Å²) < 4.78 is 5.15. The van der Waals surface area contributed by atoms with Crippen molar-refractivity contribution in [1.82, 2.24) is 20.4 Å². The van der Waals surface area contributed by atoms with Crippen molar-refractivity contribution in [3.8, 4) is 0 Å². The molecule has 8 nitrogen and oxygen atoms in total. The number of guanidine groups is 1. The fourth-order valence-corrected chi connectivity index (χ4v) is 3.95. The van der Waals surface area contributed by atoms with E-state index in [2.05, 4.69) is 20.5 Å². The number of hydrogen-bond acceptors (Lipinski definition) is 5. The summed E-state index contributed by atoms with van der Waals surface area (Å²) in [6.45, 7) is 5.09. The number of imide groups is 1. The minimum atomic E-state index is -0.183. The molecule has 1 aromatic rings. The number of piperidine rings is 1. The Morgan fingerprint density at radius 1 is 1.10 bits per heavy atom.